The van der Waals surface area contributed by atoms with E-state index in [1.165, 1.54) is 24.3 Å². The van der Waals surface area contributed by atoms with Crippen LogP contribution in [0.1, 0.15) is 10.4 Å². The summed E-state index contributed by atoms with van der Waals surface area (Å²) in [5, 5.41) is 10.9. The lowest BCUT2D eigenvalue weighted by molar-refractivity contribution is -0.142. The van der Waals surface area contributed by atoms with E-state index in [1.54, 1.807) is 0 Å². The van der Waals surface area contributed by atoms with Crippen molar-refractivity contribution in [1.29, 1.82) is 0 Å². The number of hydrogen-bond donors (Lipinski definition) is 2. The molecule has 0 saturated heterocycles. The molecule has 1 rings (SSSR count). The smallest absolute Gasteiger partial charge is 0.329 e. The number of rotatable bonds is 7. The molecule has 1 aromatic carbocycles. The molecule has 0 saturated carbocycles. The highest BCUT2D eigenvalue weighted by Gasteiger charge is 2.09. The van der Waals surface area contributed by atoms with E-state index >= 15 is 0 Å². The van der Waals surface area contributed by atoms with Crippen molar-refractivity contribution in [1.82, 2.24) is 5.32 Å². The number of carboxylic acid groups (broad SMARTS) is 1. The number of ether oxygens (including phenoxy) is 1. The van der Waals surface area contributed by atoms with Crippen molar-refractivity contribution in [3.05, 3.63) is 29.8 Å². The van der Waals surface area contributed by atoms with Gasteiger partial charge in [-0.15, -0.1) is 0 Å². The number of carbonyl (C=O) groups excluding carboxylic acids is 1. The number of amides is 1. The Kier molecular flexibility index (Phi) is 5.66. The summed E-state index contributed by atoms with van der Waals surface area (Å²) in [6.07, 6.45) is 1.09. The Morgan fingerprint density at radius 3 is 2.35 bits per heavy atom. The molecule has 0 heterocycles. The monoisotopic (exact) mass is 301 g/mol. The van der Waals surface area contributed by atoms with Crippen molar-refractivity contribution in [2.24, 2.45) is 0 Å². The van der Waals surface area contributed by atoms with Gasteiger partial charge in [-0.1, -0.05) is 0 Å². The molecule has 0 unspecified atom stereocenters. The van der Waals surface area contributed by atoms with E-state index in [2.05, 4.69) is 5.32 Å². The number of sulfone groups is 1. The van der Waals surface area contributed by atoms with E-state index in [4.69, 9.17) is 9.84 Å². The van der Waals surface area contributed by atoms with E-state index in [0.717, 1.165) is 6.26 Å². The molecule has 0 aromatic heterocycles. The predicted octanol–water partition coefficient (Wildman–Crippen LogP) is -0.0789. The van der Waals surface area contributed by atoms with Gasteiger partial charge in [0, 0.05) is 18.4 Å². The molecule has 1 aromatic rings. The van der Waals surface area contributed by atoms with Crippen LogP contribution < -0.4 is 5.32 Å². The molecule has 0 aliphatic carbocycles. The maximum absolute atomic E-state index is 11.7. The molecule has 0 aliphatic heterocycles. The van der Waals surface area contributed by atoms with Crippen LogP contribution in [0.2, 0.25) is 0 Å². The first kappa shape index (κ1) is 16.1. The minimum Gasteiger partial charge on any atom is -0.480 e. The molecule has 7 nitrogen and oxygen atoms in total. The van der Waals surface area contributed by atoms with Gasteiger partial charge in [0.15, 0.2) is 9.84 Å². The third-order valence-electron chi connectivity index (χ3n) is 2.30. The summed E-state index contributed by atoms with van der Waals surface area (Å²) in [5.41, 5.74) is 0.315. The van der Waals surface area contributed by atoms with Crippen molar-refractivity contribution in [3.8, 4) is 0 Å². The largest absolute Gasteiger partial charge is 0.480 e. The second kappa shape index (κ2) is 7.01. The quantitative estimate of drug-likeness (QED) is 0.682. The van der Waals surface area contributed by atoms with Crippen molar-refractivity contribution in [2.45, 2.75) is 4.90 Å². The number of aliphatic carboxylic acids is 1. The summed E-state index contributed by atoms with van der Waals surface area (Å²) >= 11 is 0. The van der Waals surface area contributed by atoms with Crippen LogP contribution in [0.4, 0.5) is 0 Å². The van der Waals surface area contributed by atoms with Crippen molar-refractivity contribution >= 4 is 21.7 Å². The third-order valence-corrected chi connectivity index (χ3v) is 3.43. The van der Waals surface area contributed by atoms with Gasteiger partial charge in [0.05, 0.1) is 11.5 Å². The zero-order valence-electron chi connectivity index (χ0n) is 10.8. The predicted molar refractivity (Wildman–Crippen MR) is 70.3 cm³/mol. The zero-order chi connectivity index (χ0) is 15.2. The van der Waals surface area contributed by atoms with Crippen LogP contribution in [-0.2, 0) is 19.4 Å². The van der Waals surface area contributed by atoms with Crippen LogP contribution in [0.3, 0.4) is 0 Å². The fourth-order valence-electron chi connectivity index (χ4n) is 1.35. The van der Waals surface area contributed by atoms with Crippen LogP contribution in [0, 0.1) is 0 Å². The van der Waals surface area contributed by atoms with Crippen LogP contribution >= 0.6 is 0 Å². The molecular formula is C12H15NO6S. The molecule has 0 bridgehead atoms. The summed E-state index contributed by atoms with van der Waals surface area (Å²) in [6, 6.07) is 5.52. The van der Waals surface area contributed by atoms with Gasteiger partial charge in [0.2, 0.25) is 0 Å². The summed E-state index contributed by atoms with van der Waals surface area (Å²) in [6.45, 7) is -0.168. The molecule has 0 fully saturated rings. The number of carbonyl (C=O) groups is 2. The highest BCUT2D eigenvalue weighted by atomic mass is 32.2. The Morgan fingerprint density at radius 2 is 1.85 bits per heavy atom. The van der Waals surface area contributed by atoms with Crippen molar-refractivity contribution < 1.29 is 27.9 Å². The SMILES string of the molecule is CS(=O)(=O)c1ccc(C(=O)NCCOCC(=O)O)cc1. The van der Waals surface area contributed by atoms with Crippen LogP contribution in [-0.4, -0.2) is 51.4 Å². The van der Waals surface area contributed by atoms with Crippen LogP contribution in [0.25, 0.3) is 0 Å². The number of carboxylic acids is 1. The maximum Gasteiger partial charge on any atom is 0.329 e. The fraction of sp³-hybridized carbons (Fsp3) is 0.333. The van der Waals surface area contributed by atoms with Crippen molar-refractivity contribution in [3.63, 3.8) is 0 Å². The van der Waals surface area contributed by atoms with Gasteiger partial charge in [-0.3, -0.25) is 4.79 Å². The molecule has 2 N–H and O–H groups in total. The molecule has 20 heavy (non-hydrogen) atoms. The molecular weight excluding hydrogens is 286 g/mol. The summed E-state index contributed by atoms with van der Waals surface area (Å²) in [5.74, 6) is -1.46. The Bertz CT molecular complexity index is 578. The van der Waals surface area contributed by atoms with E-state index in [1.807, 2.05) is 0 Å². The maximum atomic E-state index is 11.7. The van der Waals surface area contributed by atoms with Crippen molar-refractivity contribution in [2.75, 3.05) is 26.0 Å². The lowest BCUT2D eigenvalue weighted by Crippen LogP contribution is -2.27. The van der Waals surface area contributed by atoms with Gasteiger partial charge in [-0.25, -0.2) is 13.2 Å². The molecule has 0 radical (unpaired) electrons. The highest BCUT2D eigenvalue weighted by molar-refractivity contribution is 7.90. The van der Waals surface area contributed by atoms with E-state index in [0.29, 0.717) is 5.56 Å². The first-order chi connectivity index (χ1) is 9.30. The average Bonchev–Trinajstić information content (AvgIpc) is 2.37. The summed E-state index contributed by atoms with van der Waals surface area (Å²) in [4.78, 5) is 22.0. The molecule has 1 amide bonds. The molecule has 0 aliphatic rings. The summed E-state index contributed by atoms with van der Waals surface area (Å²) in [7, 11) is -3.29. The van der Waals surface area contributed by atoms with Crippen LogP contribution in [0.5, 0.6) is 0 Å². The van der Waals surface area contributed by atoms with E-state index < -0.39 is 22.4 Å². The first-order valence-corrected chi connectivity index (χ1v) is 7.57. The minimum atomic E-state index is -3.29. The Labute approximate surface area is 116 Å². The Hall–Kier alpha value is -1.93. The minimum absolute atomic E-state index is 0.0828. The van der Waals surface area contributed by atoms with Gasteiger partial charge in [-0.2, -0.15) is 0 Å². The topological polar surface area (TPSA) is 110 Å². The average molecular weight is 301 g/mol. The van der Waals surface area contributed by atoms with Gasteiger partial charge in [0.25, 0.3) is 5.91 Å². The molecule has 0 spiro atoms. The lowest BCUT2D eigenvalue weighted by Gasteiger charge is -2.06. The molecule has 0 atom stereocenters. The first-order valence-electron chi connectivity index (χ1n) is 5.68. The Morgan fingerprint density at radius 1 is 1.25 bits per heavy atom. The van der Waals surface area contributed by atoms with Gasteiger partial charge >= 0.3 is 5.97 Å². The van der Waals surface area contributed by atoms with Gasteiger partial charge < -0.3 is 15.2 Å². The number of benzene rings is 1. The molecule has 110 valence electrons. The standard InChI is InChI=1S/C12H15NO6S/c1-20(17,18)10-4-2-9(3-5-10)12(16)13-6-7-19-8-11(14)15/h2-5H,6-8H2,1H3,(H,13,16)(H,14,15). The van der Waals surface area contributed by atoms with Crippen LogP contribution in [0.15, 0.2) is 29.2 Å². The van der Waals surface area contributed by atoms with Gasteiger partial charge in [0.1, 0.15) is 6.61 Å². The second-order valence-corrected chi connectivity index (χ2v) is 6.01. The second-order valence-electron chi connectivity index (χ2n) is 4.00. The highest BCUT2D eigenvalue weighted by Crippen LogP contribution is 2.10. The Balaban J connectivity index is 2.46. The van der Waals surface area contributed by atoms with Gasteiger partial charge in [-0.05, 0) is 24.3 Å². The lowest BCUT2D eigenvalue weighted by atomic mass is 10.2. The fourth-order valence-corrected chi connectivity index (χ4v) is 1.98. The number of nitrogens with one attached hydrogen (secondary N) is 1. The van der Waals surface area contributed by atoms with E-state index in [9.17, 15) is 18.0 Å². The molecule has 8 heteroatoms. The zero-order valence-corrected chi connectivity index (χ0v) is 11.6. The van der Waals surface area contributed by atoms with E-state index in [-0.39, 0.29) is 24.0 Å². The number of hydrogen-bond acceptors (Lipinski definition) is 5. The summed E-state index contributed by atoms with van der Waals surface area (Å²) < 4.78 is 27.2. The normalized spacial score (nSPS) is 11.1. The third kappa shape index (κ3) is 5.37.